The molecule has 3 N–H and O–H groups in total. The molecule has 0 aliphatic carbocycles. The molecule has 0 saturated heterocycles. The lowest BCUT2D eigenvalue weighted by atomic mass is 10.0. The number of H-pyrrole nitrogens is 1. The van der Waals surface area contributed by atoms with Gasteiger partial charge in [0, 0.05) is 41.4 Å². The van der Waals surface area contributed by atoms with Gasteiger partial charge >= 0.3 is 11.9 Å². The maximum absolute atomic E-state index is 12.2. The first-order valence-electron chi connectivity index (χ1n) is 9.93. The molecule has 1 amide bonds. The van der Waals surface area contributed by atoms with Crippen molar-refractivity contribution in [3.63, 3.8) is 0 Å². The Balaban J connectivity index is 1.92. The molecule has 0 fully saturated rings. The standard InChI is InChI=1S/C24H23ClN2O5/c1-14(28)26-22(24(31)32-2)13-18-17-5-3-4-6-20(17)27-21(18)12-11-19(25)15-7-9-16(10-8-15)23(29)30/h3-11,22,27H,12-13H2,1-2H3,(H,26,28)(H,29,30). The number of aromatic nitrogens is 1. The van der Waals surface area contributed by atoms with Crippen molar-refractivity contribution in [3.05, 3.63) is 77.0 Å². The van der Waals surface area contributed by atoms with Gasteiger partial charge in [-0.2, -0.15) is 0 Å². The van der Waals surface area contributed by atoms with Gasteiger partial charge in [-0.15, -0.1) is 0 Å². The number of hydrogen-bond acceptors (Lipinski definition) is 4. The minimum Gasteiger partial charge on any atom is -0.478 e. The van der Waals surface area contributed by atoms with Crippen molar-refractivity contribution in [3.8, 4) is 0 Å². The number of para-hydroxylation sites is 1. The number of carboxylic acids is 1. The highest BCUT2D eigenvalue weighted by Gasteiger charge is 2.24. The molecule has 7 nitrogen and oxygen atoms in total. The largest absolute Gasteiger partial charge is 0.478 e. The Bertz CT molecular complexity index is 1180. The third kappa shape index (κ3) is 5.36. The van der Waals surface area contributed by atoms with Crippen molar-refractivity contribution in [2.75, 3.05) is 7.11 Å². The lowest BCUT2D eigenvalue weighted by Gasteiger charge is -2.16. The zero-order valence-corrected chi connectivity index (χ0v) is 18.4. The molecule has 1 unspecified atom stereocenters. The summed E-state index contributed by atoms with van der Waals surface area (Å²) < 4.78 is 4.86. The molecule has 3 rings (SSSR count). The Morgan fingerprint density at radius 2 is 1.78 bits per heavy atom. The first-order valence-corrected chi connectivity index (χ1v) is 10.3. The Hall–Kier alpha value is -3.58. The number of amides is 1. The summed E-state index contributed by atoms with van der Waals surface area (Å²) in [6.45, 7) is 1.35. The van der Waals surface area contributed by atoms with E-state index in [1.807, 2.05) is 30.3 Å². The van der Waals surface area contributed by atoms with Gasteiger partial charge in [0.2, 0.25) is 5.91 Å². The van der Waals surface area contributed by atoms with Gasteiger partial charge in [-0.1, -0.05) is 48.0 Å². The van der Waals surface area contributed by atoms with Crippen molar-refractivity contribution in [2.24, 2.45) is 0 Å². The molecule has 1 aromatic heterocycles. The number of hydrogen-bond donors (Lipinski definition) is 3. The van der Waals surface area contributed by atoms with Gasteiger partial charge in [0.05, 0.1) is 12.7 Å². The van der Waals surface area contributed by atoms with E-state index in [2.05, 4.69) is 10.3 Å². The van der Waals surface area contributed by atoms with E-state index in [4.69, 9.17) is 21.4 Å². The third-order valence-corrected chi connectivity index (χ3v) is 5.44. The summed E-state index contributed by atoms with van der Waals surface area (Å²) in [6, 6.07) is 13.2. The summed E-state index contributed by atoms with van der Waals surface area (Å²) in [7, 11) is 1.28. The number of nitrogens with one attached hydrogen (secondary N) is 2. The molecule has 3 aromatic rings. The van der Waals surface area contributed by atoms with E-state index in [0.29, 0.717) is 17.0 Å². The van der Waals surface area contributed by atoms with Crippen molar-refractivity contribution in [1.29, 1.82) is 0 Å². The normalized spacial score (nSPS) is 12.4. The predicted molar refractivity (Wildman–Crippen MR) is 123 cm³/mol. The van der Waals surface area contributed by atoms with Crippen LogP contribution in [0.5, 0.6) is 0 Å². The van der Waals surface area contributed by atoms with Gasteiger partial charge in [0.25, 0.3) is 0 Å². The molecule has 8 heteroatoms. The number of halogens is 1. The summed E-state index contributed by atoms with van der Waals surface area (Å²) in [5.74, 6) is -1.85. The Labute approximate surface area is 190 Å². The number of ether oxygens (including phenoxy) is 1. The summed E-state index contributed by atoms with van der Waals surface area (Å²) in [6.07, 6.45) is 2.51. The fraction of sp³-hybridized carbons (Fsp3) is 0.208. The first-order chi connectivity index (χ1) is 15.3. The molecule has 166 valence electrons. The highest BCUT2D eigenvalue weighted by Crippen LogP contribution is 2.27. The van der Waals surface area contributed by atoms with Crippen LogP contribution in [0.4, 0.5) is 0 Å². The van der Waals surface area contributed by atoms with Crippen LogP contribution in [0.2, 0.25) is 0 Å². The summed E-state index contributed by atoms with van der Waals surface area (Å²) >= 11 is 6.46. The van der Waals surface area contributed by atoms with Crippen LogP contribution < -0.4 is 5.32 Å². The van der Waals surface area contributed by atoms with Crippen molar-refractivity contribution >= 4 is 45.4 Å². The van der Waals surface area contributed by atoms with Gasteiger partial charge in [-0.3, -0.25) is 4.79 Å². The lowest BCUT2D eigenvalue weighted by Crippen LogP contribution is -2.42. The minimum atomic E-state index is -1.00. The molecular weight excluding hydrogens is 432 g/mol. The second kappa shape index (κ2) is 10.2. The number of carbonyl (C=O) groups excluding carboxylic acids is 2. The lowest BCUT2D eigenvalue weighted by molar-refractivity contribution is -0.144. The van der Waals surface area contributed by atoms with Crippen LogP contribution in [-0.2, 0) is 27.2 Å². The summed E-state index contributed by atoms with van der Waals surface area (Å²) in [4.78, 5) is 38.2. The molecule has 0 radical (unpaired) electrons. The number of allylic oxidation sites excluding steroid dienone is 1. The number of benzene rings is 2. The highest BCUT2D eigenvalue weighted by atomic mass is 35.5. The molecule has 0 saturated carbocycles. The molecule has 0 bridgehead atoms. The quantitative estimate of drug-likeness (QED) is 0.447. The zero-order chi connectivity index (χ0) is 23.3. The second-order valence-electron chi connectivity index (χ2n) is 7.25. The molecule has 1 heterocycles. The fourth-order valence-electron chi connectivity index (χ4n) is 3.53. The second-order valence-corrected chi connectivity index (χ2v) is 7.65. The van der Waals surface area contributed by atoms with Crippen molar-refractivity contribution in [1.82, 2.24) is 10.3 Å². The molecule has 0 aliphatic rings. The molecule has 32 heavy (non-hydrogen) atoms. The van der Waals surface area contributed by atoms with Crippen molar-refractivity contribution < 1.29 is 24.2 Å². The van der Waals surface area contributed by atoms with E-state index < -0.39 is 18.0 Å². The molecule has 0 aliphatic heterocycles. The van der Waals surface area contributed by atoms with Crippen molar-refractivity contribution in [2.45, 2.75) is 25.8 Å². The SMILES string of the molecule is COC(=O)C(Cc1c(CC=C(Cl)c2ccc(C(=O)O)cc2)[nH]c2ccccc12)NC(C)=O. The monoisotopic (exact) mass is 454 g/mol. The van der Waals surface area contributed by atoms with Gasteiger partial charge in [0.1, 0.15) is 6.04 Å². The highest BCUT2D eigenvalue weighted by molar-refractivity contribution is 6.48. The third-order valence-electron chi connectivity index (χ3n) is 5.07. The van der Waals surface area contributed by atoms with Crippen LogP contribution in [-0.4, -0.2) is 41.1 Å². The Morgan fingerprint density at radius 1 is 1.12 bits per heavy atom. The Kier molecular flexibility index (Phi) is 7.33. The van der Waals surface area contributed by atoms with Gasteiger partial charge in [-0.25, -0.2) is 9.59 Å². The predicted octanol–water partition coefficient (Wildman–Crippen LogP) is 3.91. The average Bonchev–Trinajstić information content (AvgIpc) is 3.13. The zero-order valence-electron chi connectivity index (χ0n) is 17.6. The molecule has 2 aromatic carbocycles. The fourth-order valence-corrected chi connectivity index (χ4v) is 3.73. The topological polar surface area (TPSA) is 108 Å². The van der Waals surface area contributed by atoms with Crippen LogP contribution in [0, 0.1) is 0 Å². The number of carbonyl (C=O) groups is 3. The number of carboxylic acid groups (broad SMARTS) is 1. The maximum atomic E-state index is 12.2. The number of aromatic amines is 1. The molecule has 1 atom stereocenters. The smallest absolute Gasteiger partial charge is 0.335 e. The first kappa shape index (κ1) is 23.1. The number of fused-ring (bicyclic) bond motifs is 1. The van der Waals surface area contributed by atoms with E-state index in [-0.39, 0.29) is 17.9 Å². The van der Waals surface area contributed by atoms with Crippen LogP contribution in [0.1, 0.15) is 34.1 Å². The van der Waals surface area contributed by atoms with Crippen LogP contribution in [0.15, 0.2) is 54.6 Å². The van der Waals surface area contributed by atoms with Crippen LogP contribution >= 0.6 is 11.6 Å². The van der Waals surface area contributed by atoms with Crippen LogP contribution in [0.25, 0.3) is 15.9 Å². The Morgan fingerprint density at radius 3 is 2.41 bits per heavy atom. The summed E-state index contributed by atoms with van der Waals surface area (Å²) in [5, 5.41) is 13.1. The number of methoxy groups -OCH3 is 1. The van der Waals surface area contributed by atoms with E-state index in [0.717, 1.165) is 22.2 Å². The molecular formula is C24H23ClN2O5. The summed E-state index contributed by atoms with van der Waals surface area (Å²) in [5.41, 5.74) is 3.51. The number of esters is 1. The molecule has 0 spiro atoms. The number of rotatable bonds is 8. The van der Waals surface area contributed by atoms with E-state index >= 15 is 0 Å². The van der Waals surface area contributed by atoms with E-state index in [1.165, 1.54) is 26.2 Å². The van der Waals surface area contributed by atoms with E-state index in [1.54, 1.807) is 12.1 Å². The maximum Gasteiger partial charge on any atom is 0.335 e. The minimum absolute atomic E-state index is 0.183. The van der Waals surface area contributed by atoms with Crippen LogP contribution in [0.3, 0.4) is 0 Å². The average molecular weight is 455 g/mol. The van der Waals surface area contributed by atoms with E-state index in [9.17, 15) is 14.4 Å². The van der Waals surface area contributed by atoms with Gasteiger partial charge < -0.3 is 20.1 Å². The van der Waals surface area contributed by atoms with Gasteiger partial charge in [-0.05, 0) is 29.3 Å². The number of aromatic carboxylic acids is 1. The van der Waals surface area contributed by atoms with Gasteiger partial charge in [0.15, 0.2) is 0 Å².